The molecule has 7 nitrogen and oxygen atoms in total. The highest BCUT2D eigenvalue weighted by atomic mass is 35.5. The number of esters is 1. The molecule has 10 heteroatoms. The quantitative estimate of drug-likeness (QED) is 0.580. The zero-order valence-corrected chi connectivity index (χ0v) is 20.1. The fraction of sp³-hybridized carbons (Fsp3) is 0.240. The van der Waals surface area contributed by atoms with Gasteiger partial charge in [0.25, 0.3) is 0 Å². The van der Waals surface area contributed by atoms with E-state index in [1.165, 1.54) is 23.1 Å². The van der Waals surface area contributed by atoms with E-state index < -0.39 is 23.1 Å². The van der Waals surface area contributed by atoms with E-state index in [0.29, 0.717) is 40.5 Å². The summed E-state index contributed by atoms with van der Waals surface area (Å²) in [5, 5.41) is 2.95. The molecule has 1 aliphatic carbocycles. The van der Waals surface area contributed by atoms with Crippen LogP contribution in [0.1, 0.15) is 31.7 Å². The van der Waals surface area contributed by atoms with Gasteiger partial charge in [-0.3, -0.25) is 14.5 Å². The first-order valence-corrected chi connectivity index (χ1v) is 11.8. The monoisotopic (exact) mass is 515 g/mol. The number of fused-ring (bicyclic) bond motifs is 3. The van der Waals surface area contributed by atoms with Crippen LogP contribution in [-0.4, -0.2) is 24.3 Å². The number of carbonyl (C=O) groups is 3. The summed E-state index contributed by atoms with van der Waals surface area (Å²) in [5.74, 6) is -2.49. The SMILES string of the molecule is CCOC(=O)C1=C(N)N(c2ccc(F)c(Cl)c2)C2=C(C(=O)CCC2)C12C(=O)Nc1ccc(Cl)cc12. The molecule has 0 radical (unpaired) electrons. The zero-order valence-electron chi connectivity index (χ0n) is 18.6. The first kappa shape index (κ1) is 23.4. The van der Waals surface area contributed by atoms with Crippen LogP contribution in [0.5, 0.6) is 0 Å². The lowest BCUT2D eigenvalue weighted by Gasteiger charge is -2.44. The van der Waals surface area contributed by atoms with E-state index in [9.17, 15) is 18.8 Å². The van der Waals surface area contributed by atoms with Gasteiger partial charge >= 0.3 is 5.97 Å². The number of halogens is 3. The van der Waals surface area contributed by atoms with Crippen LogP contribution in [-0.2, 0) is 24.5 Å². The predicted octanol–water partition coefficient (Wildman–Crippen LogP) is 4.58. The summed E-state index contributed by atoms with van der Waals surface area (Å²) in [7, 11) is 0. The average Bonchev–Trinajstić information content (AvgIpc) is 3.08. The van der Waals surface area contributed by atoms with Crippen molar-refractivity contribution in [3.8, 4) is 0 Å². The standard InChI is InChI=1S/C25H20Cl2FN3O4/c1-2-35-23(33)21-22(29)31(13-7-8-16(28)15(27)11-13)18-4-3-5-19(32)20(18)25(21)14-10-12(26)6-9-17(14)30-24(25)34/h6-11H,2-5,29H2,1H3,(H,30,34). The summed E-state index contributed by atoms with van der Waals surface area (Å²) >= 11 is 12.4. The molecule has 1 unspecified atom stereocenters. The Morgan fingerprint density at radius 1 is 1.20 bits per heavy atom. The van der Waals surface area contributed by atoms with Crippen LogP contribution in [0, 0.1) is 5.82 Å². The van der Waals surface area contributed by atoms with E-state index >= 15 is 0 Å². The van der Waals surface area contributed by atoms with Gasteiger partial charge in [0.05, 0.1) is 11.6 Å². The zero-order chi connectivity index (χ0) is 25.1. The molecule has 3 N–H and O–H groups in total. The number of allylic oxidation sites excluding steroid dienone is 1. The van der Waals surface area contributed by atoms with Crippen LogP contribution in [0.25, 0.3) is 0 Å². The number of ether oxygens (including phenoxy) is 1. The van der Waals surface area contributed by atoms with Crippen molar-refractivity contribution < 1.29 is 23.5 Å². The maximum absolute atomic E-state index is 14.0. The van der Waals surface area contributed by atoms with Crippen molar-refractivity contribution in [1.82, 2.24) is 0 Å². The molecule has 1 spiro atoms. The fourth-order valence-electron chi connectivity index (χ4n) is 5.20. The van der Waals surface area contributed by atoms with Gasteiger partial charge in [0, 0.05) is 39.7 Å². The highest BCUT2D eigenvalue weighted by molar-refractivity contribution is 6.32. The Kier molecular flexibility index (Phi) is 5.61. The second-order valence-electron chi connectivity index (χ2n) is 8.41. The lowest BCUT2D eigenvalue weighted by molar-refractivity contribution is -0.140. The maximum atomic E-state index is 14.0. The van der Waals surface area contributed by atoms with E-state index in [1.807, 2.05) is 0 Å². The molecule has 1 amide bonds. The van der Waals surface area contributed by atoms with E-state index in [1.54, 1.807) is 25.1 Å². The third-order valence-electron chi connectivity index (χ3n) is 6.52. The summed E-state index contributed by atoms with van der Waals surface area (Å²) in [6.45, 7) is 1.63. The van der Waals surface area contributed by atoms with Gasteiger partial charge in [-0.1, -0.05) is 23.2 Å². The van der Waals surface area contributed by atoms with Gasteiger partial charge in [-0.05, 0) is 56.2 Å². The van der Waals surface area contributed by atoms with Crippen molar-refractivity contribution >= 4 is 52.2 Å². The lowest BCUT2D eigenvalue weighted by atomic mass is 9.63. The molecule has 35 heavy (non-hydrogen) atoms. The molecule has 3 aliphatic rings. The number of amides is 1. The second-order valence-corrected chi connectivity index (χ2v) is 9.25. The van der Waals surface area contributed by atoms with Crippen LogP contribution in [0.3, 0.4) is 0 Å². The number of Topliss-reactive ketones (excluding diaryl/α,β-unsaturated/α-hetero) is 1. The molecule has 1 atom stereocenters. The summed E-state index contributed by atoms with van der Waals surface area (Å²) in [4.78, 5) is 42.3. The van der Waals surface area contributed by atoms with Crippen molar-refractivity contribution in [2.24, 2.45) is 5.73 Å². The number of hydrogen-bond acceptors (Lipinski definition) is 6. The minimum atomic E-state index is -1.84. The van der Waals surface area contributed by atoms with Crippen molar-refractivity contribution in [2.75, 3.05) is 16.8 Å². The number of nitrogens with two attached hydrogens (primary N) is 1. The minimum absolute atomic E-state index is 0.0118. The van der Waals surface area contributed by atoms with Crippen molar-refractivity contribution in [3.05, 3.63) is 80.5 Å². The summed E-state index contributed by atoms with van der Waals surface area (Å²) < 4.78 is 19.3. The number of ketones is 1. The van der Waals surface area contributed by atoms with Crippen LogP contribution in [0.15, 0.2) is 59.1 Å². The molecule has 0 bridgehead atoms. The van der Waals surface area contributed by atoms with E-state index in [0.717, 1.165) is 0 Å². The van der Waals surface area contributed by atoms with Gasteiger partial charge in [0.1, 0.15) is 22.6 Å². The van der Waals surface area contributed by atoms with Gasteiger partial charge in [0.2, 0.25) is 5.91 Å². The smallest absolute Gasteiger partial charge is 0.339 e. The average molecular weight is 516 g/mol. The molecule has 2 aliphatic heterocycles. The number of rotatable bonds is 3. The van der Waals surface area contributed by atoms with Crippen molar-refractivity contribution in [1.29, 1.82) is 0 Å². The highest BCUT2D eigenvalue weighted by Crippen LogP contribution is 2.56. The number of nitrogens with zero attached hydrogens (tertiary/aromatic N) is 1. The third kappa shape index (κ3) is 3.27. The Labute approximate surface area is 210 Å². The fourth-order valence-corrected chi connectivity index (χ4v) is 5.55. The van der Waals surface area contributed by atoms with E-state index in [4.69, 9.17) is 33.7 Å². The largest absolute Gasteiger partial charge is 0.462 e. The van der Waals surface area contributed by atoms with Crippen LogP contribution in [0.4, 0.5) is 15.8 Å². The molecular weight excluding hydrogens is 496 g/mol. The summed E-state index contributed by atoms with van der Waals surface area (Å²) in [6, 6.07) is 8.74. The third-order valence-corrected chi connectivity index (χ3v) is 7.04. The molecular formula is C25H20Cl2FN3O4. The first-order valence-electron chi connectivity index (χ1n) is 11.0. The highest BCUT2D eigenvalue weighted by Gasteiger charge is 2.62. The van der Waals surface area contributed by atoms with E-state index in [2.05, 4.69) is 5.32 Å². The normalized spacial score (nSPS) is 21.3. The minimum Gasteiger partial charge on any atom is -0.462 e. The Balaban J connectivity index is 1.90. The Morgan fingerprint density at radius 3 is 2.69 bits per heavy atom. The molecule has 0 fully saturated rings. The Morgan fingerprint density at radius 2 is 1.97 bits per heavy atom. The number of benzene rings is 2. The van der Waals surface area contributed by atoms with Gasteiger partial charge in [-0.15, -0.1) is 0 Å². The van der Waals surface area contributed by atoms with Crippen molar-refractivity contribution in [2.45, 2.75) is 31.6 Å². The van der Waals surface area contributed by atoms with Crippen LogP contribution in [0.2, 0.25) is 10.0 Å². The maximum Gasteiger partial charge on any atom is 0.339 e. The summed E-state index contributed by atoms with van der Waals surface area (Å²) in [6.07, 6.45) is 1.07. The summed E-state index contributed by atoms with van der Waals surface area (Å²) in [5.41, 5.74) is 6.28. The van der Waals surface area contributed by atoms with Crippen molar-refractivity contribution in [3.63, 3.8) is 0 Å². The molecule has 0 saturated carbocycles. The number of carbonyl (C=O) groups excluding carboxylic acids is 3. The molecule has 2 aromatic carbocycles. The van der Waals surface area contributed by atoms with Gasteiger partial charge in [-0.2, -0.15) is 0 Å². The molecule has 2 aromatic rings. The molecule has 5 rings (SSSR count). The number of hydrogen-bond donors (Lipinski definition) is 2. The van der Waals surface area contributed by atoms with Gasteiger partial charge in [0.15, 0.2) is 5.78 Å². The molecule has 2 heterocycles. The van der Waals surface area contributed by atoms with Gasteiger partial charge < -0.3 is 15.8 Å². The molecule has 0 saturated heterocycles. The van der Waals surface area contributed by atoms with E-state index in [-0.39, 0.29) is 40.8 Å². The first-order chi connectivity index (χ1) is 16.7. The number of nitrogens with one attached hydrogen (secondary N) is 1. The Hall–Kier alpha value is -3.36. The Bertz CT molecular complexity index is 1390. The second kappa shape index (κ2) is 8.39. The molecule has 0 aromatic heterocycles. The van der Waals surface area contributed by atoms with Crippen LogP contribution < -0.4 is 16.0 Å². The van der Waals surface area contributed by atoms with Gasteiger partial charge in [-0.25, -0.2) is 9.18 Å². The number of anilines is 2. The predicted molar refractivity (Wildman–Crippen MR) is 129 cm³/mol. The topological polar surface area (TPSA) is 102 Å². The molecule has 180 valence electrons. The van der Waals surface area contributed by atoms with Crippen LogP contribution >= 0.6 is 23.2 Å². The lowest BCUT2D eigenvalue weighted by Crippen LogP contribution is -2.53.